The highest BCUT2D eigenvalue weighted by molar-refractivity contribution is 7.17. The highest BCUT2D eigenvalue weighted by Crippen LogP contribution is 2.34. The maximum absolute atomic E-state index is 12.9. The van der Waals surface area contributed by atoms with Crippen LogP contribution in [0.4, 0.5) is 4.39 Å². The third kappa shape index (κ3) is 5.01. The van der Waals surface area contributed by atoms with Crippen molar-refractivity contribution in [2.45, 2.75) is 12.6 Å². The molecule has 0 bridgehead atoms. The molecule has 0 aliphatic carbocycles. The molecule has 1 heterocycles. The smallest absolute Gasteiger partial charge is 0.123 e. The number of aliphatic hydroxyl groups is 1. The molecule has 5 heteroatoms. The summed E-state index contributed by atoms with van der Waals surface area (Å²) in [4.78, 5) is 0. The summed E-state index contributed by atoms with van der Waals surface area (Å²) in [7, 11) is 0. The lowest BCUT2D eigenvalue weighted by Crippen LogP contribution is -2.31. The molecule has 4 rings (SSSR count). The predicted octanol–water partition coefficient (Wildman–Crippen LogP) is 5.24. The highest BCUT2D eigenvalue weighted by atomic mass is 32.1. The summed E-state index contributed by atoms with van der Waals surface area (Å²) in [5.74, 6) is 0.478. The quantitative estimate of drug-likeness (QED) is 0.420. The van der Waals surface area contributed by atoms with Gasteiger partial charge < -0.3 is 15.2 Å². The number of hydrogen-bond donors (Lipinski definition) is 2. The van der Waals surface area contributed by atoms with E-state index in [1.807, 2.05) is 24.3 Å². The zero-order chi connectivity index (χ0) is 20.1. The normalized spacial score (nSPS) is 12.2. The van der Waals surface area contributed by atoms with Crippen LogP contribution in [0.1, 0.15) is 5.56 Å². The summed E-state index contributed by atoms with van der Waals surface area (Å²) in [6.07, 6.45) is -0.629. The third-order valence-electron chi connectivity index (χ3n) is 4.71. The zero-order valence-electron chi connectivity index (χ0n) is 15.8. The number of rotatable bonds is 8. The van der Waals surface area contributed by atoms with E-state index in [4.69, 9.17) is 4.74 Å². The fourth-order valence-corrected chi connectivity index (χ4v) is 4.14. The first-order chi connectivity index (χ1) is 14.2. The maximum atomic E-state index is 12.9. The Bertz CT molecular complexity index is 1060. The molecule has 148 valence electrons. The Morgan fingerprint density at radius 3 is 2.52 bits per heavy atom. The highest BCUT2D eigenvalue weighted by Gasteiger charge is 2.08. The van der Waals surface area contributed by atoms with Gasteiger partial charge in [-0.05, 0) is 46.8 Å². The van der Waals surface area contributed by atoms with Crippen molar-refractivity contribution in [3.63, 3.8) is 0 Å². The van der Waals surface area contributed by atoms with Crippen LogP contribution in [0.2, 0.25) is 0 Å². The van der Waals surface area contributed by atoms with Crippen LogP contribution in [0.25, 0.3) is 21.2 Å². The van der Waals surface area contributed by atoms with Crippen LogP contribution in [0.3, 0.4) is 0 Å². The van der Waals surface area contributed by atoms with Crippen LogP contribution < -0.4 is 10.1 Å². The van der Waals surface area contributed by atoms with E-state index in [0.717, 1.165) is 16.9 Å². The first-order valence-corrected chi connectivity index (χ1v) is 10.4. The van der Waals surface area contributed by atoms with Gasteiger partial charge in [0.15, 0.2) is 0 Å². The molecule has 0 radical (unpaired) electrons. The fraction of sp³-hybridized carbons (Fsp3) is 0.167. The van der Waals surface area contributed by atoms with Gasteiger partial charge >= 0.3 is 0 Å². The second-order valence-corrected chi connectivity index (χ2v) is 7.80. The summed E-state index contributed by atoms with van der Waals surface area (Å²) in [5, 5.41) is 16.7. The molecule has 0 spiro atoms. The maximum Gasteiger partial charge on any atom is 0.123 e. The molecule has 3 aromatic carbocycles. The molecule has 0 saturated heterocycles. The van der Waals surface area contributed by atoms with Crippen LogP contribution in [0, 0.1) is 5.82 Å². The van der Waals surface area contributed by atoms with Gasteiger partial charge in [0.05, 0.1) is 0 Å². The predicted molar refractivity (Wildman–Crippen MR) is 117 cm³/mol. The molecule has 0 amide bonds. The summed E-state index contributed by atoms with van der Waals surface area (Å²) in [6, 6.07) is 22.6. The molecule has 0 saturated carbocycles. The van der Waals surface area contributed by atoms with Gasteiger partial charge in [0.1, 0.15) is 24.3 Å². The summed E-state index contributed by atoms with van der Waals surface area (Å²) < 4.78 is 19.9. The van der Waals surface area contributed by atoms with E-state index in [1.54, 1.807) is 23.5 Å². The van der Waals surface area contributed by atoms with E-state index in [1.165, 1.54) is 27.8 Å². The van der Waals surface area contributed by atoms with E-state index in [0.29, 0.717) is 13.1 Å². The van der Waals surface area contributed by atoms with E-state index >= 15 is 0 Å². The number of thiophene rings is 1. The molecule has 0 unspecified atom stereocenters. The lowest BCUT2D eigenvalue weighted by molar-refractivity contribution is 0.106. The van der Waals surface area contributed by atoms with E-state index in [-0.39, 0.29) is 12.4 Å². The molecular formula is C24H22FNO2S. The number of ether oxygens (including phenoxy) is 1. The third-order valence-corrected chi connectivity index (χ3v) is 5.67. The molecule has 4 aromatic rings. The van der Waals surface area contributed by atoms with Crippen molar-refractivity contribution in [3.05, 3.63) is 89.6 Å². The van der Waals surface area contributed by atoms with Crippen LogP contribution in [-0.4, -0.2) is 24.4 Å². The van der Waals surface area contributed by atoms with Crippen LogP contribution in [-0.2, 0) is 6.54 Å². The summed E-state index contributed by atoms with van der Waals surface area (Å²) in [5.41, 5.74) is 3.34. The molecule has 0 fully saturated rings. The number of hydrogen-bond acceptors (Lipinski definition) is 4. The lowest BCUT2D eigenvalue weighted by atomic mass is 10.0. The van der Waals surface area contributed by atoms with Gasteiger partial charge in [-0.1, -0.05) is 42.5 Å². The number of aliphatic hydroxyl groups excluding tert-OH is 1. The molecule has 1 aromatic heterocycles. The topological polar surface area (TPSA) is 41.5 Å². The molecule has 3 nitrogen and oxygen atoms in total. The van der Waals surface area contributed by atoms with E-state index in [2.05, 4.69) is 35.0 Å². The van der Waals surface area contributed by atoms with Gasteiger partial charge in [-0.15, -0.1) is 11.3 Å². The minimum atomic E-state index is -0.629. The van der Waals surface area contributed by atoms with Crippen molar-refractivity contribution in [3.8, 4) is 16.9 Å². The number of nitrogens with one attached hydrogen (secondary N) is 1. The van der Waals surface area contributed by atoms with Gasteiger partial charge in [0.2, 0.25) is 0 Å². The second-order valence-electron chi connectivity index (χ2n) is 6.89. The first kappa shape index (κ1) is 19.6. The molecule has 29 heavy (non-hydrogen) atoms. The fourth-order valence-electron chi connectivity index (χ4n) is 3.17. The molecule has 1 atom stereocenters. The molecule has 0 aliphatic rings. The Balaban J connectivity index is 1.27. The van der Waals surface area contributed by atoms with Gasteiger partial charge in [-0.3, -0.25) is 0 Å². The minimum Gasteiger partial charge on any atom is -0.491 e. The second kappa shape index (κ2) is 9.18. The van der Waals surface area contributed by atoms with Gasteiger partial charge in [0, 0.05) is 28.7 Å². The Morgan fingerprint density at radius 2 is 1.72 bits per heavy atom. The molecular weight excluding hydrogens is 385 g/mol. The SMILES string of the molecule is O[C@H](CNCc1ccc(F)cc1)COc1ccc(-c2csc3ccccc23)cc1. The van der Waals surface area contributed by atoms with Crippen molar-refractivity contribution in [1.29, 1.82) is 0 Å². The van der Waals surface area contributed by atoms with Gasteiger partial charge in [0.25, 0.3) is 0 Å². The van der Waals surface area contributed by atoms with Crippen molar-refractivity contribution < 1.29 is 14.2 Å². The monoisotopic (exact) mass is 407 g/mol. The number of benzene rings is 3. The minimum absolute atomic E-state index is 0.206. The Labute approximate surface area is 173 Å². The van der Waals surface area contributed by atoms with E-state index < -0.39 is 6.10 Å². The number of fused-ring (bicyclic) bond motifs is 1. The van der Waals surface area contributed by atoms with Crippen molar-refractivity contribution in [2.24, 2.45) is 0 Å². The Morgan fingerprint density at radius 1 is 0.966 bits per heavy atom. The van der Waals surface area contributed by atoms with Gasteiger partial charge in [-0.25, -0.2) is 4.39 Å². The average Bonchev–Trinajstić information content (AvgIpc) is 3.18. The average molecular weight is 408 g/mol. The summed E-state index contributed by atoms with van der Waals surface area (Å²) >= 11 is 1.74. The van der Waals surface area contributed by atoms with Crippen LogP contribution >= 0.6 is 11.3 Å². The van der Waals surface area contributed by atoms with Crippen LogP contribution in [0.5, 0.6) is 5.75 Å². The Hall–Kier alpha value is -2.73. The first-order valence-electron chi connectivity index (χ1n) is 9.52. The molecule has 0 aliphatic heterocycles. The number of halogens is 1. The standard InChI is InChI=1S/C24H22FNO2S/c25-19-9-5-17(6-10-19)13-26-14-20(27)15-28-21-11-7-18(8-12-21)23-16-29-24-4-2-1-3-22(23)24/h1-12,16,20,26-27H,13-15H2/t20-/m1/s1. The van der Waals surface area contributed by atoms with Crippen molar-refractivity contribution in [1.82, 2.24) is 5.32 Å². The summed E-state index contributed by atoms with van der Waals surface area (Å²) in [6.45, 7) is 1.17. The largest absolute Gasteiger partial charge is 0.491 e. The van der Waals surface area contributed by atoms with Crippen molar-refractivity contribution >= 4 is 21.4 Å². The van der Waals surface area contributed by atoms with Crippen LogP contribution in [0.15, 0.2) is 78.2 Å². The molecule has 2 N–H and O–H groups in total. The Kier molecular flexibility index (Phi) is 6.20. The van der Waals surface area contributed by atoms with Gasteiger partial charge in [-0.2, -0.15) is 0 Å². The lowest BCUT2D eigenvalue weighted by Gasteiger charge is -2.13. The van der Waals surface area contributed by atoms with E-state index in [9.17, 15) is 9.50 Å². The van der Waals surface area contributed by atoms with Crippen molar-refractivity contribution in [2.75, 3.05) is 13.2 Å². The zero-order valence-corrected chi connectivity index (χ0v) is 16.7.